The predicted molar refractivity (Wildman–Crippen MR) is 118 cm³/mol. The monoisotopic (exact) mass is 451 g/mol. The molecule has 0 bridgehead atoms. The van der Waals surface area contributed by atoms with Gasteiger partial charge in [-0.3, -0.25) is 18.5 Å². The highest BCUT2D eigenvalue weighted by molar-refractivity contribution is 7.92. The molecule has 1 amide bonds. The minimum absolute atomic E-state index is 0.00120. The fourth-order valence-corrected chi connectivity index (χ4v) is 5.49. The maximum Gasteiger partial charge on any atom is 0.308 e. The summed E-state index contributed by atoms with van der Waals surface area (Å²) in [6.45, 7) is 5.25. The molecule has 1 aromatic heterocycles. The number of amides is 1. The quantitative estimate of drug-likeness (QED) is 0.621. The molecule has 2 aromatic carbocycles. The third-order valence-corrected chi connectivity index (χ3v) is 6.71. The second kappa shape index (κ2) is 8.19. The van der Waals surface area contributed by atoms with Gasteiger partial charge < -0.3 is 5.32 Å². The van der Waals surface area contributed by atoms with E-state index in [4.69, 9.17) is 0 Å². The lowest BCUT2D eigenvalue weighted by Crippen LogP contribution is -2.45. The fourth-order valence-electron chi connectivity index (χ4n) is 3.27. The van der Waals surface area contributed by atoms with Gasteiger partial charge in [0.05, 0.1) is 22.2 Å². The van der Waals surface area contributed by atoms with Crippen LogP contribution >= 0.6 is 11.3 Å². The molecule has 0 spiro atoms. The van der Waals surface area contributed by atoms with Crippen molar-refractivity contribution in [2.24, 2.45) is 0 Å². The van der Waals surface area contributed by atoms with Crippen molar-refractivity contribution in [2.75, 3.05) is 15.9 Å². The van der Waals surface area contributed by atoms with Crippen LogP contribution < -0.4 is 14.5 Å². The normalized spacial score (nSPS) is 12.9. The van der Waals surface area contributed by atoms with Crippen LogP contribution in [0.3, 0.4) is 0 Å². The maximum atomic E-state index is 13.6. The molecule has 0 aliphatic heterocycles. The Morgan fingerprint density at radius 1 is 1.17 bits per heavy atom. The molecule has 0 saturated carbocycles. The van der Waals surface area contributed by atoms with Crippen LogP contribution in [0.4, 0.5) is 15.8 Å². The smallest absolute Gasteiger partial charge is 0.308 e. The maximum absolute atomic E-state index is 13.6. The van der Waals surface area contributed by atoms with E-state index in [2.05, 4.69) is 5.32 Å². The lowest BCUT2D eigenvalue weighted by atomic mass is 10.2. The van der Waals surface area contributed by atoms with Gasteiger partial charge >= 0.3 is 4.87 Å². The van der Waals surface area contributed by atoms with E-state index in [9.17, 15) is 22.4 Å². The number of nitrogens with one attached hydrogen (secondary N) is 1. The van der Waals surface area contributed by atoms with Crippen molar-refractivity contribution in [1.82, 2.24) is 4.57 Å². The topological polar surface area (TPSA) is 88.5 Å². The van der Waals surface area contributed by atoms with Crippen LogP contribution in [0.25, 0.3) is 10.2 Å². The van der Waals surface area contributed by atoms with E-state index in [-0.39, 0.29) is 16.6 Å². The molecule has 0 fully saturated rings. The number of carbonyl (C=O) groups is 1. The molecule has 3 aromatic rings. The highest BCUT2D eigenvalue weighted by Crippen LogP contribution is 2.26. The summed E-state index contributed by atoms with van der Waals surface area (Å²) >= 11 is 1.07. The van der Waals surface area contributed by atoms with E-state index in [0.717, 1.165) is 33.5 Å². The largest absolute Gasteiger partial charge is 0.324 e. The van der Waals surface area contributed by atoms with Gasteiger partial charge in [0.2, 0.25) is 15.9 Å². The van der Waals surface area contributed by atoms with Crippen LogP contribution in [0.1, 0.15) is 26.8 Å². The molecule has 0 unspecified atom stereocenters. The van der Waals surface area contributed by atoms with E-state index in [1.807, 2.05) is 13.8 Å². The van der Waals surface area contributed by atoms with Gasteiger partial charge in [-0.05, 0) is 57.2 Å². The van der Waals surface area contributed by atoms with Gasteiger partial charge in [-0.1, -0.05) is 17.4 Å². The van der Waals surface area contributed by atoms with Crippen LogP contribution in [0.2, 0.25) is 0 Å². The number of hydrogen-bond acceptors (Lipinski definition) is 5. The van der Waals surface area contributed by atoms with Gasteiger partial charge in [0.1, 0.15) is 11.9 Å². The van der Waals surface area contributed by atoms with Gasteiger partial charge in [0.25, 0.3) is 0 Å². The first-order chi connectivity index (χ1) is 14.0. The number of nitrogens with zero attached hydrogens (tertiary/aromatic N) is 2. The van der Waals surface area contributed by atoms with Crippen molar-refractivity contribution in [3.05, 3.63) is 57.9 Å². The Hall–Kier alpha value is -2.72. The SMILES string of the molecule is CC(C)n1c(=O)sc2cc(NC(=O)[C@H](C)N(c3cccc(F)c3)S(C)(=O)=O)ccc21. The lowest BCUT2D eigenvalue weighted by molar-refractivity contribution is -0.116. The number of benzene rings is 2. The number of aromatic nitrogens is 1. The summed E-state index contributed by atoms with van der Waals surface area (Å²) in [7, 11) is -3.85. The number of halogens is 1. The molecule has 1 heterocycles. The minimum atomic E-state index is -3.85. The standard InChI is InChI=1S/C20H22FN3O4S2/c1-12(2)23-17-9-8-15(11-18(17)29-20(23)26)22-19(25)13(3)24(30(4,27)28)16-7-5-6-14(21)10-16/h5-13H,1-4H3,(H,22,25)/t13-/m0/s1. The second-order valence-electron chi connectivity index (χ2n) is 7.22. The Balaban J connectivity index is 1.91. The average Bonchev–Trinajstić information content (AvgIpc) is 2.95. The first kappa shape index (κ1) is 22.0. The molecule has 10 heteroatoms. The highest BCUT2D eigenvalue weighted by Gasteiger charge is 2.29. The number of thiazole rings is 1. The number of anilines is 2. The lowest BCUT2D eigenvalue weighted by Gasteiger charge is -2.28. The van der Waals surface area contributed by atoms with Gasteiger partial charge in [-0.2, -0.15) is 0 Å². The van der Waals surface area contributed by atoms with Crippen LogP contribution in [0.15, 0.2) is 47.3 Å². The summed E-state index contributed by atoms with van der Waals surface area (Å²) in [6, 6.07) is 9.01. The zero-order chi connectivity index (χ0) is 22.2. The third-order valence-electron chi connectivity index (χ3n) is 4.55. The van der Waals surface area contributed by atoms with Gasteiger partial charge in [0.15, 0.2) is 0 Å². The average molecular weight is 452 g/mol. The molecule has 0 aliphatic rings. The van der Waals surface area contributed by atoms with E-state index in [0.29, 0.717) is 10.4 Å². The van der Waals surface area contributed by atoms with E-state index in [1.165, 1.54) is 25.1 Å². The molecular formula is C20H22FN3O4S2. The second-order valence-corrected chi connectivity index (χ2v) is 10.1. The Morgan fingerprint density at radius 3 is 2.47 bits per heavy atom. The first-order valence-corrected chi connectivity index (χ1v) is 11.9. The molecule has 0 saturated heterocycles. The predicted octanol–water partition coefficient (Wildman–Crippen LogP) is 3.58. The van der Waals surface area contributed by atoms with Crippen LogP contribution in [-0.2, 0) is 14.8 Å². The van der Waals surface area contributed by atoms with Crippen molar-refractivity contribution in [3.8, 4) is 0 Å². The molecule has 0 aliphatic carbocycles. The molecule has 160 valence electrons. The minimum Gasteiger partial charge on any atom is -0.324 e. The summed E-state index contributed by atoms with van der Waals surface area (Å²) in [5.41, 5.74) is 1.26. The highest BCUT2D eigenvalue weighted by atomic mass is 32.2. The molecule has 1 atom stereocenters. The zero-order valence-corrected chi connectivity index (χ0v) is 18.6. The van der Waals surface area contributed by atoms with E-state index < -0.39 is 27.8 Å². The van der Waals surface area contributed by atoms with Crippen LogP contribution in [-0.4, -0.2) is 31.2 Å². The fraction of sp³-hybridized carbons (Fsp3) is 0.300. The van der Waals surface area contributed by atoms with Gasteiger partial charge in [-0.15, -0.1) is 0 Å². The number of fused-ring (bicyclic) bond motifs is 1. The van der Waals surface area contributed by atoms with Crippen molar-refractivity contribution >= 4 is 48.9 Å². The first-order valence-electron chi connectivity index (χ1n) is 9.20. The van der Waals surface area contributed by atoms with Crippen molar-refractivity contribution in [2.45, 2.75) is 32.9 Å². The summed E-state index contributed by atoms with van der Waals surface area (Å²) in [4.78, 5) is 24.9. The Kier molecular flexibility index (Phi) is 6.00. The van der Waals surface area contributed by atoms with Crippen molar-refractivity contribution < 1.29 is 17.6 Å². The molecule has 3 rings (SSSR count). The number of hydrogen-bond donors (Lipinski definition) is 1. The molecular weight excluding hydrogens is 429 g/mol. The Labute approximate surface area is 177 Å². The third kappa shape index (κ3) is 4.39. The van der Waals surface area contributed by atoms with Crippen LogP contribution in [0.5, 0.6) is 0 Å². The van der Waals surface area contributed by atoms with Crippen LogP contribution in [0, 0.1) is 5.82 Å². The molecule has 1 N–H and O–H groups in total. The Morgan fingerprint density at radius 2 is 1.87 bits per heavy atom. The molecule has 0 radical (unpaired) electrons. The Bertz CT molecular complexity index is 1260. The van der Waals surface area contributed by atoms with Crippen molar-refractivity contribution in [3.63, 3.8) is 0 Å². The van der Waals surface area contributed by atoms with E-state index in [1.54, 1.807) is 22.8 Å². The molecule has 30 heavy (non-hydrogen) atoms. The van der Waals surface area contributed by atoms with Crippen molar-refractivity contribution in [1.29, 1.82) is 0 Å². The summed E-state index contributed by atoms with van der Waals surface area (Å²) in [5.74, 6) is -1.19. The number of carbonyl (C=O) groups excluding carboxylic acids is 1. The number of sulfonamides is 1. The summed E-state index contributed by atoms with van der Waals surface area (Å²) < 4.78 is 41.5. The summed E-state index contributed by atoms with van der Waals surface area (Å²) in [6.07, 6.45) is 0.958. The summed E-state index contributed by atoms with van der Waals surface area (Å²) in [5, 5.41) is 2.69. The van der Waals surface area contributed by atoms with Gasteiger partial charge in [-0.25, -0.2) is 12.8 Å². The van der Waals surface area contributed by atoms with E-state index >= 15 is 0 Å². The van der Waals surface area contributed by atoms with Gasteiger partial charge in [0, 0.05) is 11.7 Å². The molecule has 7 nitrogen and oxygen atoms in total. The number of rotatable bonds is 6. The zero-order valence-electron chi connectivity index (χ0n) is 16.9.